The zero-order valence-corrected chi connectivity index (χ0v) is 13.4. The van der Waals surface area contributed by atoms with Gasteiger partial charge < -0.3 is 0 Å². The van der Waals surface area contributed by atoms with E-state index in [2.05, 4.69) is 74.5 Å². The molecule has 0 heterocycles. The lowest BCUT2D eigenvalue weighted by Gasteiger charge is -2.46. The Balaban J connectivity index is 3.12. The zero-order valence-electron chi connectivity index (χ0n) is 13.4. The van der Waals surface area contributed by atoms with E-state index in [1.54, 1.807) is 0 Å². The fourth-order valence-corrected chi connectivity index (χ4v) is 3.43. The molecule has 0 fully saturated rings. The van der Waals surface area contributed by atoms with Crippen LogP contribution in [0.2, 0.25) is 0 Å². The van der Waals surface area contributed by atoms with E-state index >= 15 is 0 Å². The molecule has 17 heavy (non-hydrogen) atoms. The van der Waals surface area contributed by atoms with Gasteiger partial charge in [0.25, 0.3) is 0 Å². The largest absolute Gasteiger partial charge is 0.0843 e. The first-order valence-electron chi connectivity index (χ1n) is 7.03. The maximum absolute atomic E-state index is 2.49. The number of hydrogen-bond acceptors (Lipinski definition) is 0. The van der Waals surface area contributed by atoms with Gasteiger partial charge in [-0.05, 0) is 34.0 Å². The molecule has 100 valence electrons. The van der Waals surface area contributed by atoms with E-state index in [1.165, 1.54) is 0 Å². The molecule has 0 heteroatoms. The summed E-state index contributed by atoms with van der Waals surface area (Å²) in [6.45, 7) is 21.5. The minimum Gasteiger partial charge on any atom is -0.0843 e. The van der Waals surface area contributed by atoms with Crippen molar-refractivity contribution < 1.29 is 0 Å². The molecule has 0 saturated carbocycles. The highest BCUT2D eigenvalue weighted by molar-refractivity contribution is 5.14. The summed E-state index contributed by atoms with van der Waals surface area (Å²) >= 11 is 0. The third kappa shape index (κ3) is 3.14. The lowest BCUT2D eigenvalue weighted by atomic mass is 9.59. The Morgan fingerprint density at radius 1 is 0.529 bits per heavy atom. The Morgan fingerprint density at radius 3 is 1.00 bits per heavy atom. The molecule has 0 spiro atoms. The minimum absolute atomic E-state index is 0.369. The Bertz CT molecular complexity index is 263. The van der Waals surface area contributed by atoms with E-state index in [-0.39, 0.29) is 0 Å². The fourth-order valence-electron chi connectivity index (χ4n) is 3.43. The Morgan fingerprint density at radius 2 is 0.824 bits per heavy atom. The molecule has 1 rings (SSSR count). The molecule has 0 aromatic carbocycles. The lowest BCUT2D eigenvalue weighted by molar-refractivity contribution is 0.0429. The van der Waals surface area contributed by atoms with Gasteiger partial charge in [0.15, 0.2) is 0 Å². The van der Waals surface area contributed by atoms with Crippen LogP contribution in [0.15, 0.2) is 12.2 Å². The molecular weight excluding hydrogens is 204 g/mol. The minimum atomic E-state index is 0.369. The van der Waals surface area contributed by atoms with Crippen molar-refractivity contribution in [2.24, 2.45) is 34.0 Å². The number of hydrogen-bond donors (Lipinski definition) is 0. The van der Waals surface area contributed by atoms with Crippen molar-refractivity contribution in [3.8, 4) is 0 Å². The van der Waals surface area contributed by atoms with E-state index in [0.717, 1.165) is 5.92 Å². The molecule has 0 N–H and O–H groups in total. The van der Waals surface area contributed by atoms with Gasteiger partial charge in [-0.15, -0.1) is 0 Å². The van der Waals surface area contributed by atoms with E-state index in [0.29, 0.717) is 28.1 Å². The topological polar surface area (TPSA) is 0 Å². The zero-order chi connectivity index (χ0) is 13.6. The molecule has 0 aromatic rings. The Kier molecular flexibility index (Phi) is 3.60. The van der Waals surface area contributed by atoms with Gasteiger partial charge in [0.05, 0.1) is 0 Å². The molecule has 1 aliphatic rings. The average Bonchev–Trinajstić information content (AvgIpc) is 2.42. The smallest absolute Gasteiger partial charge is 0.0145 e. The molecule has 0 radical (unpaired) electrons. The highest BCUT2D eigenvalue weighted by Crippen LogP contribution is 2.54. The second kappa shape index (κ2) is 4.14. The molecule has 2 atom stereocenters. The van der Waals surface area contributed by atoms with Gasteiger partial charge >= 0.3 is 0 Å². The summed E-state index contributed by atoms with van der Waals surface area (Å²) in [6, 6.07) is 0. The van der Waals surface area contributed by atoms with Crippen LogP contribution in [-0.2, 0) is 0 Å². The normalized spacial score (nSPS) is 31.0. The lowest BCUT2D eigenvalue weighted by Crippen LogP contribution is -2.40. The average molecular weight is 236 g/mol. The predicted octanol–water partition coefficient (Wildman–Crippen LogP) is 5.54. The first kappa shape index (κ1) is 14.8. The SMILES string of the molecule is CC(C)(C)C1C=CC(C(C)(C)C)C1C(C)(C)C. The summed E-state index contributed by atoms with van der Waals surface area (Å²) in [6.07, 6.45) is 4.98. The summed E-state index contributed by atoms with van der Waals surface area (Å²) in [7, 11) is 0. The van der Waals surface area contributed by atoms with E-state index in [9.17, 15) is 0 Å². The van der Waals surface area contributed by atoms with Gasteiger partial charge in [-0.25, -0.2) is 0 Å². The van der Waals surface area contributed by atoms with E-state index in [4.69, 9.17) is 0 Å². The first-order valence-corrected chi connectivity index (χ1v) is 7.03. The van der Waals surface area contributed by atoms with Crippen molar-refractivity contribution in [3.05, 3.63) is 12.2 Å². The summed E-state index contributed by atoms with van der Waals surface area (Å²) in [5.74, 6) is 2.15. The highest BCUT2D eigenvalue weighted by atomic mass is 14.5. The Hall–Kier alpha value is -0.260. The summed E-state index contributed by atoms with van der Waals surface area (Å²) in [4.78, 5) is 0. The number of rotatable bonds is 0. The summed E-state index contributed by atoms with van der Waals surface area (Å²) < 4.78 is 0. The van der Waals surface area contributed by atoms with Gasteiger partial charge in [0.2, 0.25) is 0 Å². The monoisotopic (exact) mass is 236 g/mol. The van der Waals surface area contributed by atoms with Crippen molar-refractivity contribution in [3.63, 3.8) is 0 Å². The van der Waals surface area contributed by atoms with Crippen LogP contribution in [0, 0.1) is 34.0 Å². The first-order chi connectivity index (χ1) is 7.35. The molecule has 0 saturated heterocycles. The molecule has 0 bridgehead atoms. The van der Waals surface area contributed by atoms with E-state index in [1.807, 2.05) is 0 Å². The molecule has 1 aliphatic carbocycles. The Labute approximate surface area is 109 Å². The highest BCUT2D eigenvalue weighted by Gasteiger charge is 2.47. The van der Waals surface area contributed by atoms with Crippen molar-refractivity contribution in [1.29, 1.82) is 0 Å². The second-order valence-electron chi connectivity index (χ2n) is 9.06. The van der Waals surface area contributed by atoms with Crippen molar-refractivity contribution in [1.82, 2.24) is 0 Å². The molecule has 0 aromatic heterocycles. The van der Waals surface area contributed by atoms with Crippen LogP contribution < -0.4 is 0 Å². The summed E-state index contributed by atoms with van der Waals surface area (Å²) in [5, 5.41) is 0. The molecular formula is C17H32. The van der Waals surface area contributed by atoms with Crippen LogP contribution in [0.4, 0.5) is 0 Å². The van der Waals surface area contributed by atoms with Gasteiger partial charge in [0.1, 0.15) is 0 Å². The van der Waals surface area contributed by atoms with Crippen molar-refractivity contribution in [2.75, 3.05) is 0 Å². The number of allylic oxidation sites excluding steroid dienone is 2. The van der Waals surface area contributed by atoms with Crippen LogP contribution in [0.5, 0.6) is 0 Å². The summed E-state index contributed by atoms with van der Waals surface area (Å²) in [5.41, 5.74) is 1.11. The van der Waals surface area contributed by atoms with Gasteiger partial charge in [-0.3, -0.25) is 0 Å². The fraction of sp³-hybridized carbons (Fsp3) is 0.882. The van der Waals surface area contributed by atoms with Crippen LogP contribution in [0.25, 0.3) is 0 Å². The molecule has 2 unspecified atom stereocenters. The van der Waals surface area contributed by atoms with Crippen LogP contribution in [-0.4, -0.2) is 0 Å². The standard InChI is InChI=1S/C17H32/c1-15(2,3)12-10-11-13(16(4,5)6)14(12)17(7,8)9/h10-14H,1-9H3. The van der Waals surface area contributed by atoms with Gasteiger partial charge in [0, 0.05) is 0 Å². The van der Waals surface area contributed by atoms with Crippen LogP contribution >= 0.6 is 0 Å². The van der Waals surface area contributed by atoms with Gasteiger partial charge in [-0.2, -0.15) is 0 Å². The van der Waals surface area contributed by atoms with Crippen LogP contribution in [0.3, 0.4) is 0 Å². The quantitative estimate of drug-likeness (QED) is 0.484. The third-order valence-corrected chi connectivity index (χ3v) is 4.30. The van der Waals surface area contributed by atoms with Gasteiger partial charge in [-0.1, -0.05) is 74.5 Å². The van der Waals surface area contributed by atoms with Crippen LogP contribution in [0.1, 0.15) is 62.3 Å². The third-order valence-electron chi connectivity index (χ3n) is 4.30. The van der Waals surface area contributed by atoms with E-state index < -0.39 is 0 Å². The maximum Gasteiger partial charge on any atom is -0.0145 e. The molecule has 0 nitrogen and oxygen atoms in total. The molecule has 0 amide bonds. The van der Waals surface area contributed by atoms with Crippen molar-refractivity contribution >= 4 is 0 Å². The maximum atomic E-state index is 2.49. The predicted molar refractivity (Wildman–Crippen MR) is 78.0 cm³/mol. The van der Waals surface area contributed by atoms with Crippen molar-refractivity contribution in [2.45, 2.75) is 62.3 Å². The second-order valence-corrected chi connectivity index (χ2v) is 9.06. The molecule has 0 aliphatic heterocycles.